The summed E-state index contributed by atoms with van der Waals surface area (Å²) in [5.74, 6) is 0. The van der Waals surface area contributed by atoms with Gasteiger partial charge in [-0.05, 0) is 12.0 Å². The monoisotopic (exact) mass is 106 g/mol. The molecule has 0 saturated carbocycles. The first kappa shape index (κ1) is 6.60. The van der Waals surface area contributed by atoms with Crippen molar-refractivity contribution in [2.24, 2.45) is 0 Å². The van der Waals surface area contributed by atoms with Crippen LogP contribution in [0.25, 0.3) is 0 Å². The van der Waals surface area contributed by atoms with Gasteiger partial charge in [-0.25, -0.2) is 8.78 Å². The van der Waals surface area contributed by atoms with Crippen molar-refractivity contribution in [1.29, 1.82) is 0 Å². The summed E-state index contributed by atoms with van der Waals surface area (Å²) in [6, 6.07) is 0. The second kappa shape index (κ2) is 2.72. The average Bonchev–Trinajstić information content (AvgIpc) is 1.65. The Hall–Kier alpha value is -0.400. The summed E-state index contributed by atoms with van der Waals surface area (Å²) in [6.07, 6.45) is -1.96. The van der Waals surface area contributed by atoms with E-state index < -0.39 is 6.43 Å². The van der Waals surface area contributed by atoms with E-state index in [-0.39, 0.29) is 5.57 Å². The fourth-order valence-electron chi connectivity index (χ4n) is 0.154. The van der Waals surface area contributed by atoms with Crippen LogP contribution in [-0.4, -0.2) is 6.43 Å². The van der Waals surface area contributed by atoms with Crippen molar-refractivity contribution < 1.29 is 8.78 Å². The van der Waals surface area contributed by atoms with Gasteiger partial charge < -0.3 is 0 Å². The third kappa shape index (κ3) is 2.31. The van der Waals surface area contributed by atoms with Crippen LogP contribution in [0.1, 0.15) is 13.3 Å². The van der Waals surface area contributed by atoms with Crippen LogP contribution in [0.4, 0.5) is 8.78 Å². The molecule has 0 rings (SSSR count). The van der Waals surface area contributed by atoms with E-state index in [1.807, 2.05) is 0 Å². The van der Waals surface area contributed by atoms with Crippen LogP contribution in [0.15, 0.2) is 12.2 Å². The second-order valence-electron chi connectivity index (χ2n) is 1.31. The lowest BCUT2D eigenvalue weighted by atomic mass is 10.2. The topological polar surface area (TPSA) is 0 Å². The standard InChI is InChI=1S/C5H8F2/c1-3-4(2)5(6)7/h5H,2-3H2,1H3. The molecule has 0 aromatic heterocycles. The third-order valence-electron chi connectivity index (χ3n) is 0.763. The molecule has 0 atom stereocenters. The van der Waals surface area contributed by atoms with Gasteiger partial charge in [-0.1, -0.05) is 13.5 Å². The molecule has 0 spiro atoms. The molecule has 0 N–H and O–H groups in total. The first-order valence-corrected chi connectivity index (χ1v) is 2.14. The molecule has 0 unspecified atom stereocenters. The highest BCUT2D eigenvalue weighted by molar-refractivity contribution is 4.95. The van der Waals surface area contributed by atoms with E-state index in [4.69, 9.17) is 0 Å². The molecule has 0 radical (unpaired) electrons. The van der Waals surface area contributed by atoms with Crippen LogP contribution in [0.3, 0.4) is 0 Å². The van der Waals surface area contributed by atoms with E-state index in [1.54, 1.807) is 6.92 Å². The summed E-state index contributed by atoms with van der Waals surface area (Å²) < 4.78 is 22.7. The van der Waals surface area contributed by atoms with Gasteiger partial charge in [0.15, 0.2) is 0 Å². The number of halogens is 2. The summed E-state index contributed by atoms with van der Waals surface area (Å²) in [5.41, 5.74) is 0.0139. The van der Waals surface area contributed by atoms with Crippen molar-refractivity contribution in [2.45, 2.75) is 19.8 Å². The smallest absolute Gasteiger partial charge is 0.205 e. The van der Waals surface area contributed by atoms with Gasteiger partial charge in [-0.2, -0.15) is 0 Å². The van der Waals surface area contributed by atoms with Gasteiger partial charge in [0.25, 0.3) is 6.43 Å². The lowest BCUT2D eigenvalue weighted by molar-refractivity contribution is 0.186. The molecule has 0 bridgehead atoms. The molecule has 42 valence electrons. The molecule has 7 heavy (non-hydrogen) atoms. The quantitative estimate of drug-likeness (QED) is 0.473. The zero-order valence-corrected chi connectivity index (χ0v) is 4.25. The van der Waals surface area contributed by atoms with Crippen molar-refractivity contribution in [3.63, 3.8) is 0 Å². The maximum atomic E-state index is 11.3. The molecule has 0 amide bonds. The van der Waals surface area contributed by atoms with Crippen molar-refractivity contribution in [1.82, 2.24) is 0 Å². The van der Waals surface area contributed by atoms with Gasteiger partial charge in [0, 0.05) is 0 Å². The number of hydrogen-bond donors (Lipinski definition) is 0. The maximum Gasteiger partial charge on any atom is 0.259 e. The van der Waals surface area contributed by atoms with Crippen LogP contribution >= 0.6 is 0 Å². The van der Waals surface area contributed by atoms with Crippen LogP contribution in [0, 0.1) is 0 Å². The first-order valence-electron chi connectivity index (χ1n) is 2.14. The molecule has 0 aromatic rings. The normalized spacial score (nSPS) is 9.71. The maximum absolute atomic E-state index is 11.3. The van der Waals surface area contributed by atoms with E-state index in [1.165, 1.54) is 0 Å². The lowest BCUT2D eigenvalue weighted by Gasteiger charge is -1.95. The molecule has 0 aliphatic heterocycles. The minimum atomic E-state index is -2.33. The van der Waals surface area contributed by atoms with Crippen LogP contribution in [-0.2, 0) is 0 Å². The SMILES string of the molecule is C=C(CC)C(F)F. The van der Waals surface area contributed by atoms with E-state index in [0.717, 1.165) is 0 Å². The van der Waals surface area contributed by atoms with Gasteiger partial charge >= 0.3 is 0 Å². The molecule has 0 aromatic carbocycles. The highest BCUT2D eigenvalue weighted by atomic mass is 19.3. The van der Waals surface area contributed by atoms with E-state index in [0.29, 0.717) is 6.42 Å². The molecule has 0 fully saturated rings. The third-order valence-corrected chi connectivity index (χ3v) is 0.763. The molecule has 0 nitrogen and oxygen atoms in total. The van der Waals surface area contributed by atoms with Crippen LogP contribution < -0.4 is 0 Å². The Morgan fingerprint density at radius 1 is 1.71 bits per heavy atom. The van der Waals surface area contributed by atoms with E-state index in [2.05, 4.69) is 6.58 Å². The van der Waals surface area contributed by atoms with Crippen molar-refractivity contribution in [3.8, 4) is 0 Å². The minimum Gasteiger partial charge on any atom is -0.205 e. The molecule has 0 aliphatic carbocycles. The Morgan fingerprint density at radius 2 is 2.14 bits per heavy atom. The zero-order valence-electron chi connectivity index (χ0n) is 4.25. The Labute approximate surface area is 41.8 Å². The molecule has 0 aliphatic rings. The van der Waals surface area contributed by atoms with Crippen LogP contribution in [0.2, 0.25) is 0 Å². The molecule has 2 heteroatoms. The largest absolute Gasteiger partial charge is 0.259 e. The Morgan fingerprint density at radius 3 is 2.14 bits per heavy atom. The zero-order chi connectivity index (χ0) is 5.86. The van der Waals surface area contributed by atoms with Gasteiger partial charge in [0.2, 0.25) is 0 Å². The van der Waals surface area contributed by atoms with Gasteiger partial charge in [-0.15, -0.1) is 0 Å². The number of hydrogen-bond acceptors (Lipinski definition) is 0. The lowest BCUT2D eigenvalue weighted by Crippen LogP contribution is -1.91. The van der Waals surface area contributed by atoms with Gasteiger partial charge in [-0.3, -0.25) is 0 Å². The van der Waals surface area contributed by atoms with Crippen molar-refractivity contribution >= 4 is 0 Å². The Kier molecular flexibility index (Phi) is 2.56. The van der Waals surface area contributed by atoms with E-state index >= 15 is 0 Å². The Balaban J connectivity index is 3.35. The minimum absolute atomic E-state index is 0.0139. The highest BCUT2D eigenvalue weighted by Gasteiger charge is 2.02. The first-order chi connectivity index (χ1) is 3.18. The summed E-state index contributed by atoms with van der Waals surface area (Å²) in [6.45, 7) is 4.78. The van der Waals surface area contributed by atoms with Crippen molar-refractivity contribution in [2.75, 3.05) is 0 Å². The summed E-state index contributed by atoms with van der Waals surface area (Å²) in [4.78, 5) is 0. The summed E-state index contributed by atoms with van der Waals surface area (Å²) in [5, 5.41) is 0. The second-order valence-corrected chi connectivity index (χ2v) is 1.31. The molecular formula is C5H8F2. The van der Waals surface area contributed by atoms with Crippen LogP contribution in [0.5, 0.6) is 0 Å². The predicted octanol–water partition coefficient (Wildman–Crippen LogP) is 2.22. The number of rotatable bonds is 2. The van der Waals surface area contributed by atoms with Gasteiger partial charge in [0.1, 0.15) is 0 Å². The average molecular weight is 106 g/mol. The van der Waals surface area contributed by atoms with Crippen molar-refractivity contribution in [3.05, 3.63) is 12.2 Å². The molecule has 0 heterocycles. The predicted molar refractivity (Wildman–Crippen MR) is 25.4 cm³/mol. The highest BCUT2D eigenvalue weighted by Crippen LogP contribution is 2.07. The molecular weight excluding hydrogens is 98.1 g/mol. The van der Waals surface area contributed by atoms with Gasteiger partial charge in [0.05, 0.1) is 0 Å². The number of allylic oxidation sites excluding steroid dienone is 1. The fraction of sp³-hybridized carbons (Fsp3) is 0.600. The molecule has 0 saturated heterocycles. The Bertz CT molecular complexity index is 66.5. The number of alkyl halides is 2. The fourth-order valence-corrected chi connectivity index (χ4v) is 0.154. The summed E-state index contributed by atoms with van der Waals surface area (Å²) >= 11 is 0. The summed E-state index contributed by atoms with van der Waals surface area (Å²) in [7, 11) is 0. The van der Waals surface area contributed by atoms with E-state index in [9.17, 15) is 8.78 Å².